The second kappa shape index (κ2) is 11.8. The highest BCUT2D eigenvalue weighted by Gasteiger charge is 2.73. The highest BCUT2D eigenvalue weighted by molar-refractivity contribution is 7.00. The minimum atomic E-state index is -0.0321. The lowest BCUT2D eigenvalue weighted by Crippen LogP contribution is -2.61. The molecule has 2 aliphatic heterocycles. The molecule has 0 N–H and O–H groups in total. The summed E-state index contributed by atoms with van der Waals surface area (Å²) in [4.78, 5) is 5.32. The van der Waals surface area contributed by atoms with E-state index in [1.807, 2.05) is 0 Å². The van der Waals surface area contributed by atoms with Gasteiger partial charge in [0, 0.05) is 50.5 Å². The molecule has 0 saturated heterocycles. The Kier molecular flexibility index (Phi) is 6.78. The van der Waals surface area contributed by atoms with Gasteiger partial charge in [-0.05, 0) is 170 Å². The zero-order chi connectivity index (χ0) is 43.6. The van der Waals surface area contributed by atoms with Crippen LogP contribution in [0.3, 0.4) is 0 Å². The number of hydrogen-bond acceptors (Lipinski definition) is 2. The number of anilines is 6. The number of nitrogens with zero attached hydrogens (tertiary/aromatic N) is 2. The molecule has 2 spiro atoms. The lowest BCUT2D eigenvalue weighted by Gasteiger charge is -2.49. The van der Waals surface area contributed by atoms with Gasteiger partial charge in [0.05, 0.1) is 0 Å². The molecule has 15 rings (SSSR count). The Morgan fingerprint density at radius 3 is 1.69 bits per heavy atom. The van der Waals surface area contributed by atoms with Crippen molar-refractivity contribution in [2.24, 2.45) is 33.5 Å². The van der Waals surface area contributed by atoms with Crippen LogP contribution in [0.1, 0.15) is 102 Å². The molecular weight excluding hydrogens is 784 g/mol. The van der Waals surface area contributed by atoms with Crippen molar-refractivity contribution in [3.05, 3.63) is 174 Å². The molecular formula is C62H57BN2. The monoisotopic (exact) mass is 840 g/mol. The topological polar surface area (TPSA) is 6.48 Å². The van der Waals surface area contributed by atoms with Crippen LogP contribution in [0.2, 0.25) is 0 Å². The van der Waals surface area contributed by atoms with Crippen molar-refractivity contribution in [1.29, 1.82) is 0 Å². The van der Waals surface area contributed by atoms with Crippen molar-refractivity contribution in [3.8, 4) is 22.3 Å². The van der Waals surface area contributed by atoms with Crippen molar-refractivity contribution in [3.63, 3.8) is 0 Å². The minimum Gasteiger partial charge on any atom is -0.311 e. The molecule has 2 nitrogen and oxygen atoms in total. The summed E-state index contributed by atoms with van der Waals surface area (Å²) in [5, 5.41) is 0. The lowest BCUT2D eigenvalue weighted by molar-refractivity contribution is 0.0990. The molecule has 3 unspecified atom stereocenters. The first-order valence-electron chi connectivity index (χ1n) is 24.9. The van der Waals surface area contributed by atoms with Crippen LogP contribution in [0.15, 0.2) is 152 Å². The molecule has 4 fully saturated rings. The highest BCUT2D eigenvalue weighted by Crippen LogP contribution is 2.80. The first-order chi connectivity index (χ1) is 31.5. The minimum absolute atomic E-state index is 0.0276. The quantitative estimate of drug-likeness (QED) is 0.160. The molecule has 4 saturated carbocycles. The van der Waals surface area contributed by atoms with E-state index in [1.165, 1.54) is 111 Å². The predicted octanol–water partition coefficient (Wildman–Crippen LogP) is 14.0. The van der Waals surface area contributed by atoms with E-state index in [1.54, 1.807) is 22.3 Å². The third-order valence-corrected chi connectivity index (χ3v) is 21.5. The van der Waals surface area contributed by atoms with E-state index < -0.39 is 0 Å². The van der Waals surface area contributed by atoms with Crippen molar-refractivity contribution >= 4 is 57.2 Å². The maximum atomic E-state index is 2.79. The smallest absolute Gasteiger partial charge is 0.252 e. The molecule has 2 heterocycles. The maximum Gasteiger partial charge on any atom is 0.252 e. The standard InChI is InChI=1S/C62H57BN2/c1-57(2)38-31-33-59(57,5)61(36-38)46-22-13-11-20-44(46)54-47(61)29-30-50-56(54)65(53-26-16-25-52-55(53)63(50)49-23-14-15-24-51(49)64(52)40-17-8-7-9-18-40)41-27-28-43-42-19-10-12-21-45(42)62(48(43)35-41)37-39-32-34-60(62,6)58(39,3)4/h7-30,35,38-39H,31-34,36-37H2,1-6H3/t38?,39?,59?,60-,61+,62-/m0/s1. The van der Waals surface area contributed by atoms with Crippen LogP contribution in [0.4, 0.5) is 34.1 Å². The summed E-state index contributed by atoms with van der Waals surface area (Å²) in [6, 6.07) is 59.7. The average molecular weight is 841 g/mol. The van der Waals surface area contributed by atoms with Gasteiger partial charge < -0.3 is 9.80 Å². The van der Waals surface area contributed by atoms with E-state index in [9.17, 15) is 0 Å². The third kappa shape index (κ3) is 3.90. The molecule has 7 aromatic carbocycles. The van der Waals surface area contributed by atoms with Crippen LogP contribution in [-0.2, 0) is 10.8 Å². The predicted molar refractivity (Wildman–Crippen MR) is 271 cm³/mol. The number of benzene rings is 7. The molecule has 0 amide bonds. The number of rotatable bonds is 2. The molecule has 3 heteroatoms. The summed E-state index contributed by atoms with van der Waals surface area (Å²) in [7, 11) is 0. The molecule has 4 bridgehead atoms. The molecule has 6 aliphatic carbocycles. The van der Waals surface area contributed by atoms with E-state index in [-0.39, 0.29) is 39.2 Å². The first kappa shape index (κ1) is 37.4. The second-order valence-corrected chi connectivity index (χ2v) is 23.3. The normalized spacial score (nSPS) is 30.0. The van der Waals surface area contributed by atoms with Gasteiger partial charge in [0.2, 0.25) is 0 Å². The van der Waals surface area contributed by atoms with E-state index in [2.05, 4.69) is 203 Å². The zero-order valence-corrected chi connectivity index (χ0v) is 38.8. The first-order valence-corrected chi connectivity index (χ1v) is 24.9. The number of fused-ring (bicyclic) bond motifs is 21. The van der Waals surface area contributed by atoms with E-state index >= 15 is 0 Å². The van der Waals surface area contributed by atoms with Crippen LogP contribution < -0.4 is 26.2 Å². The van der Waals surface area contributed by atoms with Crippen molar-refractivity contribution < 1.29 is 0 Å². The molecule has 8 aliphatic rings. The molecule has 65 heavy (non-hydrogen) atoms. The lowest BCUT2D eigenvalue weighted by atomic mass is 9.33. The second-order valence-electron chi connectivity index (χ2n) is 23.3. The highest BCUT2D eigenvalue weighted by atomic mass is 15.2. The van der Waals surface area contributed by atoms with E-state index in [0.717, 1.165) is 0 Å². The summed E-state index contributed by atoms with van der Waals surface area (Å²) in [6.45, 7) is 15.8. The molecule has 0 radical (unpaired) electrons. The van der Waals surface area contributed by atoms with Gasteiger partial charge in [0.1, 0.15) is 0 Å². The summed E-state index contributed by atoms with van der Waals surface area (Å²) < 4.78 is 0. The van der Waals surface area contributed by atoms with Crippen molar-refractivity contribution in [2.45, 2.75) is 90.9 Å². The molecule has 318 valence electrons. The zero-order valence-electron chi connectivity index (χ0n) is 38.8. The van der Waals surface area contributed by atoms with Gasteiger partial charge in [-0.3, -0.25) is 0 Å². The van der Waals surface area contributed by atoms with Gasteiger partial charge in [0.25, 0.3) is 6.71 Å². The van der Waals surface area contributed by atoms with Crippen molar-refractivity contribution in [1.82, 2.24) is 0 Å². The van der Waals surface area contributed by atoms with Gasteiger partial charge >= 0.3 is 0 Å². The van der Waals surface area contributed by atoms with Gasteiger partial charge in [-0.15, -0.1) is 0 Å². The summed E-state index contributed by atoms with van der Waals surface area (Å²) in [5.41, 5.74) is 24.8. The van der Waals surface area contributed by atoms with E-state index in [0.29, 0.717) is 11.8 Å². The Balaban J connectivity index is 1.05. The van der Waals surface area contributed by atoms with Gasteiger partial charge in [-0.2, -0.15) is 0 Å². The summed E-state index contributed by atoms with van der Waals surface area (Å²) >= 11 is 0. The van der Waals surface area contributed by atoms with Crippen LogP contribution >= 0.6 is 0 Å². The maximum absolute atomic E-state index is 2.79. The SMILES string of the molecule is CC1(C)C2CCC1(C)[C@]1(C2)c2ccccc2-c2c1ccc1c2N(c2ccc3c(c2)[C@]2(CC4CC[C@@]2(C)C4(C)C)c2ccccc2-3)c2cccc3c2B1c1ccccc1N3c1ccccc1. The molecule has 7 aromatic rings. The summed E-state index contributed by atoms with van der Waals surface area (Å²) in [6.07, 6.45) is 7.69. The fourth-order valence-corrected chi connectivity index (χ4v) is 17.7. The summed E-state index contributed by atoms with van der Waals surface area (Å²) in [5.74, 6) is 1.41. The van der Waals surface area contributed by atoms with Gasteiger partial charge in [0.15, 0.2) is 0 Å². The Bertz CT molecular complexity index is 3270. The Hall–Kier alpha value is -5.80. The van der Waals surface area contributed by atoms with Crippen LogP contribution in [0.25, 0.3) is 22.3 Å². The van der Waals surface area contributed by atoms with E-state index in [4.69, 9.17) is 0 Å². The van der Waals surface area contributed by atoms with Gasteiger partial charge in [-0.1, -0.05) is 151 Å². The fourth-order valence-electron chi connectivity index (χ4n) is 17.7. The van der Waals surface area contributed by atoms with Gasteiger partial charge in [-0.25, -0.2) is 0 Å². The largest absolute Gasteiger partial charge is 0.311 e. The van der Waals surface area contributed by atoms with Crippen LogP contribution in [0.5, 0.6) is 0 Å². The third-order valence-electron chi connectivity index (χ3n) is 21.5. The van der Waals surface area contributed by atoms with Crippen molar-refractivity contribution in [2.75, 3.05) is 9.80 Å². The van der Waals surface area contributed by atoms with Crippen LogP contribution in [-0.4, -0.2) is 6.71 Å². The Morgan fingerprint density at radius 2 is 1.02 bits per heavy atom. The molecule has 6 atom stereocenters. The Morgan fingerprint density at radius 1 is 0.446 bits per heavy atom. The fraction of sp³-hybridized carbons (Fsp3) is 0.323. The number of hydrogen-bond donors (Lipinski definition) is 0. The number of para-hydroxylation sites is 2. The molecule has 0 aromatic heterocycles. The Labute approximate surface area is 385 Å². The van der Waals surface area contributed by atoms with Crippen LogP contribution in [0, 0.1) is 33.5 Å². The average Bonchev–Trinajstić information content (AvgIpc) is 4.03.